The molecule has 2 rings (SSSR count). The first-order valence-electron chi connectivity index (χ1n) is 6.26. The highest BCUT2D eigenvalue weighted by atomic mass is 32.2. The van der Waals surface area contributed by atoms with Gasteiger partial charge in [-0.25, -0.2) is 0 Å². The van der Waals surface area contributed by atoms with E-state index in [1.807, 2.05) is 44.2 Å². The molecule has 6 nitrogen and oxygen atoms in total. The van der Waals surface area contributed by atoms with Crippen LogP contribution in [0.25, 0.3) is 0 Å². The number of aromatic nitrogens is 3. The molecule has 3 N–H and O–H groups in total. The fraction of sp³-hybridized carbons (Fsp3) is 0.308. The quantitative estimate of drug-likeness (QED) is 0.825. The number of nitrogens with one attached hydrogen (secondary N) is 1. The second-order valence-corrected chi connectivity index (χ2v) is 5.45. The van der Waals surface area contributed by atoms with E-state index in [2.05, 4.69) is 15.5 Å². The molecule has 1 amide bonds. The van der Waals surface area contributed by atoms with Crippen LogP contribution in [0.2, 0.25) is 0 Å². The molecular formula is C13H17N5OS. The van der Waals surface area contributed by atoms with E-state index in [0.717, 1.165) is 5.69 Å². The zero-order valence-corrected chi connectivity index (χ0v) is 12.2. The summed E-state index contributed by atoms with van der Waals surface area (Å²) in [5, 5.41) is 11.3. The van der Waals surface area contributed by atoms with Crippen molar-refractivity contribution < 1.29 is 4.79 Å². The number of carbonyl (C=O) groups excluding carboxylic acids is 1. The summed E-state index contributed by atoms with van der Waals surface area (Å²) >= 11 is 1.32. The Morgan fingerprint density at radius 2 is 2.05 bits per heavy atom. The van der Waals surface area contributed by atoms with E-state index in [-0.39, 0.29) is 17.7 Å². The van der Waals surface area contributed by atoms with Gasteiger partial charge in [-0.15, -0.1) is 10.2 Å². The lowest BCUT2D eigenvalue weighted by molar-refractivity contribution is -0.113. The molecule has 0 fully saturated rings. The van der Waals surface area contributed by atoms with Gasteiger partial charge in [-0.3, -0.25) is 9.36 Å². The summed E-state index contributed by atoms with van der Waals surface area (Å²) in [7, 11) is 0. The molecule has 20 heavy (non-hydrogen) atoms. The standard InChI is InChI=1S/C13H17N5OS/c1-9(2)18-12(14)16-17-13(18)20-8-11(19)15-10-6-4-3-5-7-10/h3-7,9H,8H2,1-2H3,(H2,14,16)(H,15,19). The highest BCUT2D eigenvalue weighted by Gasteiger charge is 2.14. The van der Waals surface area contributed by atoms with Gasteiger partial charge in [0.1, 0.15) is 0 Å². The van der Waals surface area contributed by atoms with Gasteiger partial charge in [-0.2, -0.15) is 0 Å². The van der Waals surface area contributed by atoms with E-state index in [1.165, 1.54) is 11.8 Å². The van der Waals surface area contributed by atoms with Crippen LogP contribution in [0.4, 0.5) is 11.6 Å². The fourth-order valence-electron chi connectivity index (χ4n) is 1.72. The molecule has 0 saturated heterocycles. The molecule has 0 spiro atoms. The zero-order valence-electron chi connectivity index (χ0n) is 11.4. The summed E-state index contributed by atoms with van der Waals surface area (Å²) in [5.74, 6) is 0.545. The molecule has 0 saturated carbocycles. The average molecular weight is 291 g/mol. The number of nitrogen functional groups attached to an aromatic ring is 1. The molecule has 0 aliphatic heterocycles. The van der Waals surface area contributed by atoms with Crippen molar-refractivity contribution in [2.75, 3.05) is 16.8 Å². The molecule has 0 unspecified atom stereocenters. The van der Waals surface area contributed by atoms with Gasteiger partial charge >= 0.3 is 0 Å². The molecule has 106 valence electrons. The minimum atomic E-state index is -0.0851. The van der Waals surface area contributed by atoms with E-state index in [1.54, 1.807) is 4.57 Å². The molecular weight excluding hydrogens is 274 g/mol. The van der Waals surface area contributed by atoms with Crippen molar-refractivity contribution in [2.45, 2.75) is 25.0 Å². The maximum absolute atomic E-state index is 11.9. The summed E-state index contributed by atoms with van der Waals surface area (Å²) in [6.45, 7) is 3.99. The summed E-state index contributed by atoms with van der Waals surface area (Å²) in [6.07, 6.45) is 0. The lowest BCUT2D eigenvalue weighted by Crippen LogP contribution is -2.15. The lowest BCUT2D eigenvalue weighted by atomic mass is 10.3. The molecule has 1 aromatic heterocycles. The highest BCUT2D eigenvalue weighted by molar-refractivity contribution is 7.99. The summed E-state index contributed by atoms with van der Waals surface area (Å²) < 4.78 is 1.81. The number of para-hydroxylation sites is 1. The molecule has 0 bridgehead atoms. The van der Waals surface area contributed by atoms with Crippen molar-refractivity contribution in [1.29, 1.82) is 0 Å². The number of nitrogens with two attached hydrogens (primary N) is 1. The van der Waals surface area contributed by atoms with Gasteiger partial charge in [0, 0.05) is 11.7 Å². The Labute approximate surface area is 121 Å². The Morgan fingerprint density at radius 3 is 2.70 bits per heavy atom. The Kier molecular flexibility index (Phi) is 4.62. The Hall–Kier alpha value is -2.02. The topological polar surface area (TPSA) is 85.8 Å². The van der Waals surface area contributed by atoms with Crippen LogP contribution >= 0.6 is 11.8 Å². The van der Waals surface area contributed by atoms with E-state index in [0.29, 0.717) is 11.1 Å². The summed E-state index contributed by atoms with van der Waals surface area (Å²) in [4.78, 5) is 11.9. The van der Waals surface area contributed by atoms with Crippen molar-refractivity contribution in [3.05, 3.63) is 30.3 Å². The molecule has 1 heterocycles. The third-order valence-corrected chi connectivity index (χ3v) is 3.54. The minimum Gasteiger partial charge on any atom is -0.368 e. The average Bonchev–Trinajstić information content (AvgIpc) is 2.79. The van der Waals surface area contributed by atoms with Gasteiger partial charge < -0.3 is 11.1 Å². The zero-order chi connectivity index (χ0) is 14.5. The third-order valence-electron chi connectivity index (χ3n) is 2.60. The number of anilines is 2. The largest absolute Gasteiger partial charge is 0.368 e. The van der Waals surface area contributed by atoms with Gasteiger partial charge in [0.2, 0.25) is 11.9 Å². The predicted molar refractivity (Wildman–Crippen MR) is 80.6 cm³/mol. The normalized spacial score (nSPS) is 10.8. The Balaban J connectivity index is 1.94. The van der Waals surface area contributed by atoms with Crippen LogP contribution in [-0.2, 0) is 4.79 Å². The number of thioether (sulfide) groups is 1. The van der Waals surface area contributed by atoms with E-state index in [4.69, 9.17) is 5.73 Å². The van der Waals surface area contributed by atoms with Crippen LogP contribution in [0.5, 0.6) is 0 Å². The van der Waals surface area contributed by atoms with E-state index >= 15 is 0 Å². The van der Waals surface area contributed by atoms with Crippen LogP contribution < -0.4 is 11.1 Å². The molecule has 1 aromatic carbocycles. The lowest BCUT2D eigenvalue weighted by Gasteiger charge is -2.11. The Bertz CT molecular complexity index is 582. The van der Waals surface area contributed by atoms with Crippen molar-refractivity contribution in [3.8, 4) is 0 Å². The van der Waals surface area contributed by atoms with E-state index < -0.39 is 0 Å². The van der Waals surface area contributed by atoms with Gasteiger partial charge in [-0.1, -0.05) is 30.0 Å². The number of nitrogens with zero attached hydrogens (tertiary/aromatic N) is 3. The minimum absolute atomic E-state index is 0.0851. The number of amides is 1. The number of hydrogen-bond donors (Lipinski definition) is 2. The van der Waals surface area contributed by atoms with Crippen LogP contribution in [0.1, 0.15) is 19.9 Å². The van der Waals surface area contributed by atoms with Crippen molar-refractivity contribution >= 4 is 29.3 Å². The number of benzene rings is 1. The van der Waals surface area contributed by atoms with Crippen LogP contribution in [0, 0.1) is 0 Å². The SMILES string of the molecule is CC(C)n1c(N)nnc1SCC(=O)Nc1ccccc1. The van der Waals surface area contributed by atoms with E-state index in [9.17, 15) is 4.79 Å². The fourth-order valence-corrected chi connectivity index (χ4v) is 2.60. The van der Waals surface area contributed by atoms with Crippen LogP contribution in [0.3, 0.4) is 0 Å². The third kappa shape index (κ3) is 3.51. The van der Waals surface area contributed by atoms with Gasteiger partial charge in [0.05, 0.1) is 5.75 Å². The second kappa shape index (κ2) is 6.42. The molecule has 2 aromatic rings. The molecule has 0 aliphatic rings. The first-order chi connectivity index (χ1) is 9.58. The number of hydrogen-bond acceptors (Lipinski definition) is 5. The monoisotopic (exact) mass is 291 g/mol. The van der Waals surface area contributed by atoms with Crippen LogP contribution in [-0.4, -0.2) is 26.4 Å². The molecule has 0 atom stereocenters. The summed E-state index contributed by atoms with van der Waals surface area (Å²) in [6, 6.07) is 9.49. The smallest absolute Gasteiger partial charge is 0.234 e. The molecule has 0 aliphatic carbocycles. The van der Waals surface area contributed by atoms with Crippen molar-refractivity contribution in [2.24, 2.45) is 0 Å². The van der Waals surface area contributed by atoms with Gasteiger partial charge in [0.25, 0.3) is 0 Å². The number of rotatable bonds is 5. The number of carbonyl (C=O) groups is 1. The maximum Gasteiger partial charge on any atom is 0.234 e. The molecule has 0 radical (unpaired) electrons. The molecule has 7 heteroatoms. The first-order valence-corrected chi connectivity index (χ1v) is 7.24. The van der Waals surface area contributed by atoms with Gasteiger partial charge in [-0.05, 0) is 26.0 Å². The Morgan fingerprint density at radius 1 is 1.35 bits per heavy atom. The first kappa shape index (κ1) is 14.4. The highest BCUT2D eigenvalue weighted by Crippen LogP contribution is 2.22. The van der Waals surface area contributed by atoms with Gasteiger partial charge in [0.15, 0.2) is 5.16 Å². The maximum atomic E-state index is 11.9. The summed E-state index contributed by atoms with van der Waals surface area (Å²) in [5.41, 5.74) is 6.53. The second-order valence-electron chi connectivity index (χ2n) is 4.51. The van der Waals surface area contributed by atoms with Crippen molar-refractivity contribution in [3.63, 3.8) is 0 Å². The van der Waals surface area contributed by atoms with Crippen LogP contribution in [0.15, 0.2) is 35.5 Å². The van der Waals surface area contributed by atoms with Crippen molar-refractivity contribution in [1.82, 2.24) is 14.8 Å². The predicted octanol–water partition coefficient (Wildman–Crippen LogP) is 2.17.